The minimum atomic E-state index is -0.527. The maximum Gasteiger partial charge on any atom is 0.254 e. The smallest absolute Gasteiger partial charge is 0.254 e. The van der Waals surface area contributed by atoms with Gasteiger partial charge in [-0.1, -0.05) is 24.8 Å². The molecule has 0 bridgehead atoms. The normalized spacial score (nSPS) is 19.1. The molecule has 33 heavy (non-hydrogen) atoms. The number of nitrogens with zero attached hydrogens (tertiary/aromatic N) is 3. The minimum absolute atomic E-state index is 0.0592. The standard InChI is InChI=1S/C25H25N5O3/c1-2-21(31)29-13-12-20-17(15-29)14-27-25-22(24(26)32)23(28-30(20)25)16-8-10-19(11-9-16)33-18-6-4-3-5-7-18/h2-11,17,20,27H,1,12-15H2,(H2,26,32)/t17-,20-/m0/s1. The first-order valence-electron chi connectivity index (χ1n) is 11.0. The van der Waals surface area contributed by atoms with E-state index in [1.54, 1.807) is 0 Å². The second-order valence-electron chi connectivity index (χ2n) is 8.31. The average molecular weight is 444 g/mol. The fourth-order valence-electron chi connectivity index (χ4n) is 4.68. The molecule has 2 aromatic carbocycles. The molecule has 0 radical (unpaired) electrons. The molecule has 0 aliphatic carbocycles. The lowest BCUT2D eigenvalue weighted by Crippen LogP contribution is -2.48. The fourth-order valence-corrected chi connectivity index (χ4v) is 4.68. The number of hydrogen-bond donors (Lipinski definition) is 2. The van der Waals surface area contributed by atoms with Crippen LogP contribution in [0.3, 0.4) is 0 Å². The first kappa shape index (κ1) is 20.8. The van der Waals surface area contributed by atoms with Gasteiger partial charge in [0.2, 0.25) is 5.91 Å². The summed E-state index contributed by atoms with van der Waals surface area (Å²) in [5.41, 5.74) is 7.49. The van der Waals surface area contributed by atoms with Crippen LogP contribution in [0.5, 0.6) is 11.5 Å². The van der Waals surface area contributed by atoms with Crippen molar-refractivity contribution in [2.75, 3.05) is 25.0 Å². The molecular formula is C25H25N5O3. The summed E-state index contributed by atoms with van der Waals surface area (Å²) in [5.74, 6) is 1.68. The Labute approximate surface area is 191 Å². The van der Waals surface area contributed by atoms with Crippen molar-refractivity contribution in [3.05, 3.63) is 72.8 Å². The van der Waals surface area contributed by atoms with Crippen LogP contribution in [0.1, 0.15) is 22.8 Å². The molecule has 8 heteroatoms. The van der Waals surface area contributed by atoms with Crippen molar-refractivity contribution < 1.29 is 14.3 Å². The van der Waals surface area contributed by atoms with Gasteiger partial charge in [-0.2, -0.15) is 5.10 Å². The van der Waals surface area contributed by atoms with Crippen LogP contribution >= 0.6 is 0 Å². The molecular weight excluding hydrogens is 418 g/mol. The van der Waals surface area contributed by atoms with E-state index >= 15 is 0 Å². The Bertz CT molecular complexity index is 1200. The van der Waals surface area contributed by atoms with Crippen molar-refractivity contribution in [3.63, 3.8) is 0 Å². The summed E-state index contributed by atoms with van der Waals surface area (Å²) >= 11 is 0. The maximum absolute atomic E-state index is 12.4. The number of primary amides is 1. The van der Waals surface area contributed by atoms with Crippen LogP contribution in [-0.4, -0.2) is 46.1 Å². The van der Waals surface area contributed by atoms with Crippen LogP contribution in [0.4, 0.5) is 5.82 Å². The Morgan fingerprint density at radius 1 is 1.12 bits per heavy atom. The van der Waals surface area contributed by atoms with Crippen molar-refractivity contribution in [3.8, 4) is 22.8 Å². The molecule has 3 N–H and O–H groups in total. The van der Waals surface area contributed by atoms with Crippen molar-refractivity contribution in [1.82, 2.24) is 14.7 Å². The predicted octanol–water partition coefficient (Wildman–Crippen LogP) is 3.44. The van der Waals surface area contributed by atoms with Crippen molar-refractivity contribution in [2.24, 2.45) is 11.7 Å². The molecule has 168 valence electrons. The Morgan fingerprint density at radius 2 is 1.85 bits per heavy atom. The van der Waals surface area contributed by atoms with Crippen LogP contribution in [0.15, 0.2) is 67.3 Å². The maximum atomic E-state index is 12.4. The summed E-state index contributed by atoms with van der Waals surface area (Å²) in [7, 11) is 0. The van der Waals surface area contributed by atoms with Crippen LogP contribution in [-0.2, 0) is 4.79 Å². The summed E-state index contributed by atoms with van der Waals surface area (Å²) in [6, 6.07) is 17.1. The van der Waals surface area contributed by atoms with Gasteiger partial charge in [-0.25, -0.2) is 4.68 Å². The molecule has 2 amide bonds. The number of nitrogens with two attached hydrogens (primary N) is 1. The molecule has 3 aromatic rings. The van der Waals surface area contributed by atoms with E-state index in [0.717, 1.165) is 17.7 Å². The van der Waals surface area contributed by atoms with Gasteiger partial charge >= 0.3 is 0 Å². The zero-order chi connectivity index (χ0) is 22.9. The number of benzene rings is 2. The first-order chi connectivity index (χ1) is 16.0. The summed E-state index contributed by atoms with van der Waals surface area (Å²) in [5, 5.41) is 8.15. The van der Waals surface area contributed by atoms with E-state index in [1.165, 1.54) is 6.08 Å². The lowest BCUT2D eigenvalue weighted by molar-refractivity contribution is -0.128. The minimum Gasteiger partial charge on any atom is -0.457 e. The highest BCUT2D eigenvalue weighted by Crippen LogP contribution is 2.40. The molecule has 0 unspecified atom stereocenters. The number of aromatic nitrogens is 2. The van der Waals surface area contributed by atoms with Gasteiger partial charge in [-0.15, -0.1) is 0 Å². The number of rotatable bonds is 5. The SMILES string of the molecule is C=CC(=O)N1CC[C@H]2[C@@H](CNc3c(C(N)=O)c(-c4ccc(Oc5ccccc5)cc4)nn32)C1. The van der Waals surface area contributed by atoms with E-state index in [0.29, 0.717) is 42.5 Å². The molecule has 2 aliphatic heterocycles. The number of nitrogens with one attached hydrogen (secondary N) is 1. The van der Waals surface area contributed by atoms with Gasteiger partial charge in [0, 0.05) is 31.1 Å². The monoisotopic (exact) mass is 443 g/mol. The predicted molar refractivity (Wildman–Crippen MR) is 125 cm³/mol. The summed E-state index contributed by atoms with van der Waals surface area (Å²) in [6.45, 7) is 5.47. The second-order valence-corrected chi connectivity index (χ2v) is 8.31. The number of hydrogen-bond acceptors (Lipinski definition) is 5. The highest BCUT2D eigenvalue weighted by Gasteiger charge is 2.39. The first-order valence-corrected chi connectivity index (χ1v) is 11.0. The largest absolute Gasteiger partial charge is 0.457 e. The molecule has 1 saturated heterocycles. The number of piperidine rings is 1. The average Bonchev–Trinajstić information content (AvgIpc) is 3.24. The van der Waals surface area contributed by atoms with E-state index in [4.69, 9.17) is 15.6 Å². The highest BCUT2D eigenvalue weighted by molar-refractivity contribution is 6.04. The number of ether oxygens (including phenoxy) is 1. The van der Waals surface area contributed by atoms with Gasteiger partial charge in [0.1, 0.15) is 28.6 Å². The van der Waals surface area contributed by atoms with E-state index < -0.39 is 5.91 Å². The Balaban J connectivity index is 1.44. The lowest BCUT2D eigenvalue weighted by atomic mass is 9.90. The number of likely N-dealkylation sites (tertiary alicyclic amines) is 1. The van der Waals surface area contributed by atoms with Crippen molar-refractivity contribution >= 4 is 17.6 Å². The van der Waals surface area contributed by atoms with Crippen LogP contribution in [0.2, 0.25) is 0 Å². The van der Waals surface area contributed by atoms with E-state index in [9.17, 15) is 9.59 Å². The van der Waals surface area contributed by atoms with Crippen LogP contribution < -0.4 is 15.8 Å². The zero-order valence-electron chi connectivity index (χ0n) is 18.1. The highest BCUT2D eigenvalue weighted by atomic mass is 16.5. The van der Waals surface area contributed by atoms with E-state index in [1.807, 2.05) is 64.2 Å². The molecule has 8 nitrogen and oxygen atoms in total. The van der Waals surface area contributed by atoms with Gasteiger partial charge in [0.15, 0.2) is 0 Å². The van der Waals surface area contributed by atoms with Gasteiger partial charge in [-0.3, -0.25) is 9.59 Å². The summed E-state index contributed by atoms with van der Waals surface area (Å²) in [4.78, 5) is 26.3. The Hall–Kier alpha value is -4.07. The van der Waals surface area contributed by atoms with Gasteiger partial charge < -0.3 is 20.7 Å². The van der Waals surface area contributed by atoms with Crippen molar-refractivity contribution in [2.45, 2.75) is 12.5 Å². The third-order valence-corrected chi connectivity index (χ3v) is 6.29. The molecule has 1 aromatic heterocycles. The third kappa shape index (κ3) is 3.84. The second kappa shape index (κ2) is 8.46. The molecule has 2 aliphatic rings. The number of carbonyl (C=O) groups excluding carboxylic acids is 2. The van der Waals surface area contributed by atoms with E-state index in [-0.39, 0.29) is 17.9 Å². The number of fused-ring (bicyclic) bond motifs is 3. The molecule has 3 heterocycles. The molecule has 5 rings (SSSR count). The summed E-state index contributed by atoms with van der Waals surface area (Å²) < 4.78 is 7.75. The van der Waals surface area contributed by atoms with Gasteiger partial charge in [0.25, 0.3) is 5.91 Å². The Kier molecular flexibility index (Phi) is 5.34. The number of amides is 2. The number of para-hydroxylation sites is 1. The molecule has 1 fully saturated rings. The quantitative estimate of drug-likeness (QED) is 0.588. The fraction of sp³-hybridized carbons (Fsp3) is 0.240. The van der Waals surface area contributed by atoms with Crippen LogP contribution in [0, 0.1) is 5.92 Å². The number of carbonyl (C=O) groups is 2. The third-order valence-electron chi connectivity index (χ3n) is 6.29. The zero-order valence-corrected chi connectivity index (χ0v) is 18.1. The van der Waals surface area contributed by atoms with Gasteiger partial charge in [0.05, 0.1) is 6.04 Å². The van der Waals surface area contributed by atoms with Gasteiger partial charge in [-0.05, 0) is 48.9 Å². The molecule has 0 spiro atoms. The Morgan fingerprint density at radius 3 is 2.55 bits per heavy atom. The molecule has 2 atom stereocenters. The lowest BCUT2D eigenvalue weighted by Gasteiger charge is -2.41. The number of anilines is 1. The van der Waals surface area contributed by atoms with Crippen LogP contribution in [0.25, 0.3) is 11.3 Å². The summed E-state index contributed by atoms with van der Waals surface area (Å²) in [6.07, 6.45) is 2.10. The van der Waals surface area contributed by atoms with Crippen molar-refractivity contribution in [1.29, 1.82) is 0 Å². The topological polar surface area (TPSA) is 102 Å². The van der Waals surface area contributed by atoms with E-state index in [2.05, 4.69) is 11.9 Å². The molecule has 0 saturated carbocycles.